The van der Waals surface area contributed by atoms with Crippen LogP contribution in [-0.2, 0) is 0 Å². The molecule has 0 spiro atoms. The summed E-state index contributed by atoms with van der Waals surface area (Å²) in [5, 5.41) is 0. The fourth-order valence-corrected chi connectivity index (χ4v) is 2.95. The van der Waals surface area contributed by atoms with Crippen LogP contribution in [0.15, 0.2) is 53.4 Å². The number of halogens is 1. The number of benzene rings is 2. The highest BCUT2D eigenvalue weighted by Crippen LogP contribution is 2.26. The molecule has 1 unspecified atom stereocenters. The van der Waals surface area contributed by atoms with Crippen LogP contribution >= 0.6 is 11.8 Å². The topological polar surface area (TPSA) is 38.0 Å². The molecule has 1 atom stereocenters. The van der Waals surface area contributed by atoms with E-state index in [2.05, 4.69) is 24.5 Å². The molecule has 19 heavy (non-hydrogen) atoms. The van der Waals surface area contributed by atoms with E-state index < -0.39 is 0 Å². The van der Waals surface area contributed by atoms with Gasteiger partial charge in [-0.1, -0.05) is 30.3 Å². The highest BCUT2D eigenvalue weighted by molar-refractivity contribution is 7.99. The van der Waals surface area contributed by atoms with Crippen LogP contribution in [0.2, 0.25) is 0 Å². The highest BCUT2D eigenvalue weighted by Gasteiger charge is 2.12. The Balaban J connectivity index is 2.06. The summed E-state index contributed by atoms with van der Waals surface area (Å²) in [6, 6.07) is 14.8. The van der Waals surface area contributed by atoms with Gasteiger partial charge in [-0.05, 0) is 36.2 Å². The molecule has 0 aliphatic heterocycles. The monoisotopic (exact) mass is 276 g/mol. The Hall–Kier alpha value is -1.36. The minimum Gasteiger partial charge on any atom is -0.271 e. The summed E-state index contributed by atoms with van der Waals surface area (Å²) in [6.45, 7) is 2.06. The maximum atomic E-state index is 13.1. The number of thioether (sulfide) groups is 1. The number of nitrogens with two attached hydrogens (primary N) is 1. The number of rotatable bonds is 5. The second-order valence-corrected chi connectivity index (χ2v) is 5.44. The Morgan fingerprint density at radius 2 is 2.00 bits per heavy atom. The third-order valence-corrected chi connectivity index (χ3v) is 4.07. The molecule has 0 aromatic heterocycles. The molecule has 4 heteroatoms. The third-order valence-electron chi connectivity index (χ3n) is 2.98. The molecule has 0 aliphatic rings. The summed E-state index contributed by atoms with van der Waals surface area (Å²) in [5.74, 6) is 6.18. The summed E-state index contributed by atoms with van der Waals surface area (Å²) in [6.07, 6.45) is 0. The molecule has 0 aliphatic carbocycles. The van der Waals surface area contributed by atoms with E-state index in [1.54, 1.807) is 17.8 Å². The van der Waals surface area contributed by atoms with Crippen molar-refractivity contribution in [3.63, 3.8) is 0 Å². The zero-order valence-electron chi connectivity index (χ0n) is 10.8. The number of nitrogens with one attached hydrogen (secondary N) is 1. The number of hydrazine groups is 1. The van der Waals surface area contributed by atoms with Crippen molar-refractivity contribution in [1.82, 2.24) is 5.43 Å². The molecule has 2 nitrogen and oxygen atoms in total. The smallest absolute Gasteiger partial charge is 0.124 e. The van der Waals surface area contributed by atoms with Crippen LogP contribution in [-0.4, -0.2) is 5.75 Å². The Morgan fingerprint density at radius 1 is 1.21 bits per heavy atom. The summed E-state index contributed by atoms with van der Waals surface area (Å²) in [5.41, 5.74) is 5.20. The first-order valence-electron chi connectivity index (χ1n) is 6.10. The van der Waals surface area contributed by atoms with Gasteiger partial charge < -0.3 is 0 Å². The lowest BCUT2D eigenvalue weighted by molar-refractivity contribution is 0.607. The zero-order chi connectivity index (χ0) is 13.7. The predicted molar refractivity (Wildman–Crippen MR) is 78.4 cm³/mol. The van der Waals surface area contributed by atoms with Crippen LogP contribution in [0.5, 0.6) is 0 Å². The van der Waals surface area contributed by atoms with E-state index >= 15 is 0 Å². The minimum atomic E-state index is -0.210. The lowest BCUT2D eigenvalue weighted by Gasteiger charge is -2.18. The molecule has 2 aromatic rings. The second-order valence-electron chi connectivity index (χ2n) is 4.34. The van der Waals surface area contributed by atoms with Gasteiger partial charge in [0.2, 0.25) is 0 Å². The molecule has 2 aromatic carbocycles. The van der Waals surface area contributed by atoms with E-state index in [-0.39, 0.29) is 11.9 Å². The van der Waals surface area contributed by atoms with Crippen molar-refractivity contribution in [3.8, 4) is 0 Å². The molecule has 0 fully saturated rings. The first-order valence-corrected chi connectivity index (χ1v) is 7.09. The van der Waals surface area contributed by atoms with E-state index in [1.165, 1.54) is 23.3 Å². The molecule has 3 N–H and O–H groups in total. The summed E-state index contributed by atoms with van der Waals surface area (Å²) >= 11 is 1.59. The number of hydrogen-bond acceptors (Lipinski definition) is 3. The number of hydrogen-bond donors (Lipinski definition) is 2. The SMILES string of the molecule is Cc1ccccc1C(CSc1cccc(F)c1)NN. The molecule has 0 amide bonds. The van der Waals surface area contributed by atoms with Crippen molar-refractivity contribution in [2.75, 3.05) is 5.75 Å². The molecule has 2 rings (SSSR count). The van der Waals surface area contributed by atoms with Crippen LogP contribution < -0.4 is 11.3 Å². The first-order chi connectivity index (χ1) is 9.20. The summed E-state index contributed by atoms with van der Waals surface area (Å²) in [7, 11) is 0. The van der Waals surface area contributed by atoms with Crippen LogP contribution in [0.1, 0.15) is 17.2 Å². The molecule has 0 radical (unpaired) electrons. The Kier molecular flexibility index (Phi) is 4.96. The summed E-state index contributed by atoms with van der Waals surface area (Å²) < 4.78 is 13.1. The highest BCUT2D eigenvalue weighted by atomic mass is 32.2. The second kappa shape index (κ2) is 6.70. The first kappa shape index (κ1) is 14.1. The van der Waals surface area contributed by atoms with E-state index in [9.17, 15) is 4.39 Å². The molecular weight excluding hydrogens is 259 g/mol. The van der Waals surface area contributed by atoms with Gasteiger partial charge in [0, 0.05) is 10.6 Å². The average Bonchev–Trinajstić information content (AvgIpc) is 2.41. The maximum Gasteiger partial charge on any atom is 0.124 e. The van der Waals surface area contributed by atoms with Crippen LogP contribution in [0.4, 0.5) is 4.39 Å². The van der Waals surface area contributed by atoms with E-state index in [1.807, 2.05) is 18.2 Å². The van der Waals surface area contributed by atoms with E-state index in [4.69, 9.17) is 5.84 Å². The van der Waals surface area contributed by atoms with Gasteiger partial charge in [-0.15, -0.1) is 11.8 Å². The molecule has 0 saturated heterocycles. The van der Waals surface area contributed by atoms with Gasteiger partial charge in [0.1, 0.15) is 5.82 Å². The van der Waals surface area contributed by atoms with Crippen LogP contribution in [0.25, 0.3) is 0 Å². The standard InChI is InChI=1S/C15H17FN2S/c1-11-5-2-3-8-14(11)15(18-17)10-19-13-7-4-6-12(16)9-13/h2-9,15,18H,10,17H2,1H3. The largest absolute Gasteiger partial charge is 0.271 e. The molecule has 0 bridgehead atoms. The maximum absolute atomic E-state index is 13.1. The average molecular weight is 276 g/mol. The third kappa shape index (κ3) is 3.80. The minimum absolute atomic E-state index is 0.0504. The fourth-order valence-electron chi connectivity index (χ4n) is 1.94. The van der Waals surface area contributed by atoms with E-state index in [0.29, 0.717) is 0 Å². The molecule has 100 valence electrons. The van der Waals surface area contributed by atoms with Crippen molar-refractivity contribution in [1.29, 1.82) is 0 Å². The Bertz CT molecular complexity index is 545. The van der Waals surface area contributed by atoms with Gasteiger partial charge in [-0.3, -0.25) is 11.3 Å². The van der Waals surface area contributed by atoms with Crippen molar-refractivity contribution < 1.29 is 4.39 Å². The lowest BCUT2D eigenvalue weighted by atomic mass is 10.0. The quantitative estimate of drug-likeness (QED) is 0.499. The van der Waals surface area contributed by atoms with Crippen molar-refractivity contribution in [2.45, 2.75) is 17.9 Å². The van der Waals surface area contributed by atoms with Gasteiger partial charge in [-0.25, -0.2) is 4.39 Å². The van der Waals surface area contributed by atoms with E-state index in [0.717, 1.165) is 10.6 Å². The van der Waals surface area contributed by atoms with Gasteiger partial charge in [-0.2, -0.15) is 0 Å². The van der Waals surface area contributed by atoms with Crippen LogP contribution in [0, 0.1) is 12.7 Å². The molecule has 0 heterocycles. The molecule has 0 saturated carbocycles. The molecular formula is C15H17FN2S. The fraction of sp³-hybridized carbons (Fsp3) is 0.200. The lowest BCUT2D eigenvalue weighted by Crippen LogP contribution is -2.30. The summed E-state index contributed by atoms with van der Waals surface area (Å²) in [4.78, 5) is 0.911. The number of aryl methyl sites for hydroxylation is 1. The van der Waals surface area contributed by atoms with Crippen molar-refractivity contribution in [3.05, 3.63) is 65.5 Å². The Labute approximate surface area is 117 Å². The van der Waals surface area contributed by atoms with Gasteiger partial charge in [0.15, 0.2) is 0 Å². The zero-order valence-corrected chi connectivity index (χ0v) is 11.6. The van der Waals surface area contributed by atoms with Gasteiger partial charge in [0.25, 0.3) is 0 Å². The van der Waals surface area contributed by atoms with Gasteiger partial charge in [0.05, 0.1) is 6.04 Å². The van der Waals surface area contributed by atoms with Crippen LogP contribution in [0.3, 0.4) is 0 Å². The normalized spacial score (nSPS) is 12.4. The van der Waals surface area contributed by atoms with Crippen molar-refractivity contribution in [2.24, 2.45) is 5.84 Å². The van der Waals surface area contributed by atoms with Crippen molar-refractivity contribution >= 4 is 11.8 Å². The van der Waals surface area contributed by atoms with Gasteiger partial charge >= 0.3 is 0 Å². The Morgan fingerprint density at radius 3 is 2.68 bits per heavy atom. The predicted octanol–water partition coefficient (Wildman–Crippen LogP) is 3.43.